The molecule has 0 fully saturated rings. The van der Waals surface area contributed by atoms with Gasteiger partial charge in [-0.2, -0.15) is 0 Å². The Labute approximate surface area is 144 Å². The van der Waals surface area contributed by atoms with Gasteiger partial charge in [0.05, 0.1) is 6.10 Å². The predicted molar refractivity (Wildman–Crippen MR) is 99.7 cm³/mol. The van der Waals surface area contributed by atoms with Crippen LogP contribution in [0.3, 0.4) is 0 Å². The van der Waals surface area contributed by atoms with Crippen LogP contribution in [0.4, 0.5) is 0 Å². The third-order valence-corrected chi connectivity index (χ3v) is 11.5. The van der Waals surface area contributed by atoms with Crippen LogP contribution in [0.15, 0.2) is 22.7 Å². The van der Waals surface area contributed by atoms with Gasteiger partial charge < -0.3 is 4.43 Å². The van der Waals surface area contributed by atoms with E-state index < -0.39 is 8.32 Å². The summed E-state index contributed by atoms with van der Waals surface area (Å²) in [6, 6.07) is 5.98. The molecule has 21 heavy (non-hydrogen) atoms. The maximum Gasteiger partial charge on any atom is 0.201 e. The van der Waals surface area contributed by atoms with Crippen molar-refractivity contribution in [3.05, 3.63) is 33.3 Å². The third kappa shape index (κ3) is 4.13. The van der Waals surface area contributed by atoms with Crippen molar-refractivity contribution in [1.82, 2.24) is 0 Å². The SMILES string of the molecule is CC(O[Si](C(C)C)(C(C)C)C(C)C)c1cc(Br)ccc1Cl. The summed E-state index contributed by atoms with van der Waals surface area (Å²) in [5.74, 6) is 0. The normalized spacial score (nSPS) is 14.3. The monoisotopic (exact) mass is 390 g/mol. The predicted octanol–water partition coefficient (Wildman–Crippen LogP) is 7.36. The molecule has 0 N–H and O–H groups in total. The van der Waals surface area contributed by atoms with Crippen LogP contribution in [0.2, 0.25) is 21.6 Å². The Hall–Kier alpha value is 0.167. The van der Waals surface area contributed by atoms with Crippen molar-refractivity contribution in [3.63, 3.8) is 0 Å². The quantitative estimate of drug-likeness (QED) is 0.460. The Bertz CT molecular complexity index is 452. The Morgan fingerprint density at radius 2 is 1.43 bits per heavy atom. The topological polar surface area (TPSA) is 9.23 Å². The zero-order chi connectivity index (χ0) is 16.4. The van der Waals surface area contributed by atoms with Crippen molar-refractivity contribution in [2.45, 2.75) is 71.2 Å². The van der Waals surface area contributed by atoms with Crippen LogP contribution in [0.1, 0.15) is 60.1 Å². The third-order valence-electron chi connectivity index (χ3n) is 4.48. The lowest BCUT2D eigenvalue weighted by Crippen LogP contribution is -2.48. The van der Waals surface area contributed by atoms with E-state index in [2.05, 4.69) is 70.5 Å². The van der Waals surface area contributed by atoms with E-state index in [-0.39, 0.29) is 6.10 Å². The fraction of sp³-hybridized carbons (Fsp3) is 0.647. The molecule has 0 aromatic heterocycles. The molecule has 1 nitrogen and oxygen atoms in total. The van der Waals surface area contributed by atoms with Gasteiger partial charge in [0, 0.05) is 9.50 Å². The zero-order valence-electron chi connectivity index (χ0n) is 14.2. The van der Waals surface area contributed by atoms with Crippen LogP contribution in [0.5, 0.6) is 0 Å². The number of hydrogen-bond acceptors (Lipinski definition) is 1. The van der Waals surface area contributed by atoms with Gasteiger partial charge in [-0.05, 0) is 47.3 Å². The van der Waals surface area contributed by atoms with Gasteiger partial charge in [0.15, 0.2) is 0 Å². The van der Waals surface area contributed by atoms with Gasteiger partial charge >= 0.3 is 0 Å². The highest BCUT2D eigenvalue weighted by atomic mass is 79.9. The molecule has 4 heteroatoms. The maximum atomic E-state index is 6.78. The van der Waals surface area contributed by atoms with Gasteiger partial charge in [-0.3, -0.25) is 0 Å². The molecule has 0 amide bonds. The molecule has 0 bridgehead atoms. The van der Waals surface area contributed by atoms with Crippen molar-refractivity contribution in [2.24, 2.45) is 0 Å². The van der Waals surface area contributed by atoms with Crippen LogP contribution in [0.25, 0.3) is 0 Å². The van der Waals surface area contributed by atoms with E-state index in [9.17, 15) is 0 Å². The van der Waals surface area contributed by atoms with Crippen LogP contribution in [-0.2, 0) is 4.43 Å². The largest absolute Gasteiger partial charge is 0.409 e. The standard InChI is InChI=1S/C17H28BrClOSi/c1-11(2)21(12(3)4,13(5)6)20-14(7)16-10-15(18)8-9-17(16)19/h8-14H,1-7H3. The van der Waals surface area contributed by atoms with E-state index in [1.54, 1.807) is 0 Å². The van der Waals surface area contributed by atoms with E-state index in [0.29, 0.717) is 16.6 Å². The number of halogens is 2. The first-order valence-electron chi connectivity index (χ1n) is 7.75. The number of benzene rings is 1. The number of rotatable bonds is 6. The molecular weight excluding hydrogens is 364 g/mol. The first-order chi connectivity index (χ1) is 9.62. The second-order valence-electron chi connectivity index (χ2n) is 6.74. The Kier molecular flexibility index (Phi) is 6.98. The summed E-state index contributed by atoms with van der Waals surface area (Å²) < 4.78 is 7.82. The van der Waals surface area contributed by atoms with Crippen molar-refractivity contribution in [2.75, 3.05) is 0 Å². The highest BCUT2D eigenvalue weighted by molar-refractivity contribution is 9.10. The molecule has 0 heterocycles. The summed E-state index contributed by atoms with van der Waals surface area (Å²) in [5.41, 5.74) is 2.80. The highest BCUT2D eigenvalue weighted by Gasteiger charge is 2.46. The molecule has 0 aliphatic carbocycles. The second-order valence-corrected chi connectivity index (χ2v) is 13.5. The molecule has 0 radical (unpaired) electrons. The maximum absolute atomic E-state index is 6.78. The summed E-state index contributed by atoms with van der Waals surface area (Å²) in [6.07, 6.45) is 0.0221. The van der Waals surface area contributed by atoms with Gasteiger partial charge in [-0.15, -0.1) is 0 Å². The van der Waals surface area contributed by atoms with Crippen molar-refractivity contribution >= 4 is 35.8 Å². The molecule has 1 unspecified atom stereocenters. The van der Waals surface area contributed by atoms with Gasteiger partial charge in [-0.1, -0.05) is 69.1 Å². The van der Waals surface area contributed by atoms with E-state index in [1.165, 1.54) is 0 Å². The summed E-state index contributed by atoms with van der Waals surface area (Å²) in [5, 5.41) is 0.782. The summed E-state index contributed by atoms with van der Waals surface area (Å²) >= 11 is 9.90. The molecular formula is C17H28BrClOSi. The zero-order valence-corrected chi connectivity index (χ0v) is 17.5. The summed E-state index contributed by atoms with van der Waals surface area (Å²) in [7, 11) is -1.89. The molecule has 1 rings (SSSR count). The fourth-order valence-electron chi connectivity index (χ4n) is 3.60. The average molecular weight is 392 g/mol. The molecule has 120 valence electrons. The van der Waals surface area contributed by atoms with Crippen molar-refractivity contribution in [3.8, 4) is 0 Å². The van der Waals surface area contributed by atoms with Crippen molar-refractivity contribution < 1.29 is 4.43 Å². The molecule has 0 spiro atoms. The minimum atomic E-state index is -1.89. The Morgan fingerprint density at radius 1 is 0.952 bits per heavy atom. The minimum absolute atomic E-state index is 0.0221. The molecule has 1 aromatic rings. The first-order valence-corrected chi connectivity index (χ1v) is 11.1. The molecule has 1 atom stereocenters. The van der Waals surface area contributed by atoms with E-state index >= 15 is 0 Å². The fourth-order valence-corrected chi connectivity index (χ4v) is 9.81. The van der Waals surface area contributed by atoms with Crippen molar-refractivity contribution in [1.29, 1.82) is 0 Å². The van der Waals surface area contributed by atoms with Crippen LogP contribution in [-0.4, -0.2) is 8.32 Å². The van der Waals surface area contributed by atoms with E-state index in [0.717, 1.165) is 15.1 Å². The van der Waals surface area contributed by atoms with Gasteiger partial charge in [0.25, 0.3) is 0 Å². The average Bonchev–Trinajstić information content (AvgIpc) is 2.37. The van der Waals surface area contributed by atoms with Gasteiger partial charge in [-0.25, -0.2) is 0 Å². The second kappa shape index (κ2) is 7.63. The number of hydrogen-bond donors (Lipinski definition) is 0. The molecule has 1 aromatic carbocycles. The Balaban J connectivity index is 3.17. The molecule has 0 saturated heterocycles. The lowest BCUT2D eigenvalue weighted by molar-refractivity contribution is 0.194. The molecule has 0 aliphatic heterocycles. The summed E-state index contributed by atoms with van der Waals surface area (Å²) in [6.45, 7) is 16.0. The van der Waals surface area contributed by atoms with Gasteiger partial charge in [0.2, 0.25) is 8.32 Å². The van der Waals surface area contributed by atoms with Gasteiger partial charge in [0.1, 0.15) is 0 Å². The lowest BCUT2D eigenvalue weighted by atomic mass is 10.1. The highest BCUT2D eigenvalue weighted by Crippen LogP contribution is 2.45. The van der Waals surface area contributed by atoms with E-state index in [1.807, 2.05) is 12.1 Å². The minimum Gasteiger partial charge on any atom is -0.409 e. The lowest BCUT2D eigenvalue weighted by Gasteiger charge is -2.44. The Morgan fingerprint density at radius 3 is 1.86 bits per heavy atom. The van der Waals surface area contributed by atoms with Crippen LogP contribution in [0, 0.1) is 0 Å². The van der Waals surface area contributed by atoms with Crippen LogP contribution < -0.4 is 0 Å². The first kappa shape index (κ1) is 19.2. The summed E-state index contributed by atoms with van der Waals surface area (Å²) in [4.78, 5) is 0. The smallest absolute Gasteiger partial charge is 0.201 e. The molecule has 0 saturated carbocycles. The van der Waals surface area contributed by atoms with Crippen LogP contribution >= 0.6 is 27.5 Å². The van der Waals surface area contributed by atoms with E-state index in [4.69, 9.17) is 16.0 Å². The molecule has 0 aliphatic rings.